The van der Waals surface area contributed by atoms with Crippen molar-refractivity contribution in [2.75, 3.05) is 14.2 Å². The lowest BCUT2D eigenvalue weighted by molar-refractivity contribution is -0.121. The number of nitrogens with zero attached hydrogens (tertiary/aromatic N) is 1. The number of para-hydroxylation sites is 1. The van der Waals surface area contributed by atoms with Crippen molar-refractivity contribution in [1.82, 2.24) is 15.3 Å². The average molecular weight is 396 g/mol. The first-order valence-electron chi connectivity index (χ1n) is 9.07. The van der Waals surface area contributed by atoms with E-state index in [-0.39, 0.29) is 18.4 Å². The second-order valence-corrected chi connectivity index (χ2v) is 6.48. The van der Waals surface area contributed by atoms with E-state index in [0.29, 0.717) is 12.1 Å². The van der Waals surface area contributed by atoms with Crippen LogP contribution in [0.4, 0.5) is 0 Å². The van der Waals surface area contributed by atoms with Gasteiger partial charge in [0.1, 0.15) is 6.54 Å². The van der Waals surface area contributed by atoms with Crippen molar-refractivity contribution >= 4 is 22.7 Å². The van der Waals surface area contributed by atoms with Crippen LogP contribution in [0.3, 0.4) is 0 Å². The zero-order valence-electron chi connectivity index (χ0n) is 16.3. The molecule has 0 atom stereocenters. The normalized spacial score (nSPS) is 11.0. The van der Waals surface area contributed by atoms with E-state index < -0.39 is 6.29 Å². The van der Waals surface area contributed by atoms with E-state index in [4.69, 9.17) is 15.3 Å². The Bertz CT molecular complexity index is 994. The Hall–Kier alpha value is -3.20. The molecule has 0 bridgehead atoms. The number of methoxy groups -OCH3 is 2. The summed E-state index contributed by atoms with van der Waals surface area (Å²) in [7, 11) is 3.16. The van der Waals surface area contributed by atoms with Crippen molar-refractivity contribution in [3.63, 3.8) is 0 Å². The molecule has 0 aliphatic heterocycles. The minimum Gasteiger partial charge on any atom is -0.352 e. The number of nitrogens with two attached hydrogens (primary N) is 1. The highest BCUT2D eigenvalue weighted by molar-refractivity contribution is 6.07. The molecule has 0 aliphatic carbocycles. The molecular formula is C21H24N4O4. The van der Waals surface area contributed by atoms with Crippen molar-refractivity contribution in [3.05, 3.63) is 71.4 Å². The van der Waals surface area contributed by atoms with Crippen LogP contribution in [-0.2, 0) is 27.4 Å². The van der Waals surface area contributed by atoms with Crippen molar-refractivity contribution in [3.8, 4) is 0 Å². The van der Waals surface area contributed by atoms with Gasteiger partial charge in [-0.1, -0.05) is 42.5 Å². The molecular weight excluding hydrogens is 372 g/mol. The quantitative estimate of drug-likeness (QED) is 0.233. The van der Waals surface area contributed by atoms with Crippen molar-refractivity contribution in [2.24, 2.45) is 5.84 Å². The summed E-state index contributed by atoms with van der Waals surface area (Å²) in [5, 5.41) is 3.70. The highest BCUT2D eigenvalue weighted by atomic mass is 16.7. The molecule has 0 radical (unpaired) electrons. The summed E-state index contributed by atoms with van der Waals surface area (Å²) in [4.78, 5) is 24.4. The molecule has 152 valence electrons. The number of carbonyl (C=O) groups is 2. The molecule has 2 aromatic carbocycles. The number of fused-ring (bicyclic) bond motifs is 1. The highest BCUT2D eigenvalue weighted by Gasteiger charge is 2.16. The molecule has 1 aromatic heterocycles. The number of amides is 2. The van der Waals surface area contributed by atoms with Crippen LogP contribution in [0.15, 0.2) is 54.7 Å². The standard InChI is InChI=1S/C21H24N4O4/c1-28-21(29-2)15-9-7-14(8-10-15)11-23-20(27)17-12-25(13-19(26)24-22)18-6-4-3-5-16(17)18/h3-10,12,21H,11,13,22H2,1-2H3,(H,23,27)(H,24,26). The predicted octanol–water partition coefficient (Wildman–Crippen LogP) is 1.85. The summed E-state index contributed by atoms with van der Waals surface area (Å²) in [6, 6.07) is 15.0. The van der Waals surface area contributed by atoms with Crippen LogP contribution >= 0.6 is 0 Å². The second kappa shape index (κ2) is 9.33. The maximum absolute atomic E-state index is 12.8. The lowest BCUT2D eigenvalue weighted by Gasteiger charge is -2.14. The molecule has 4 N–H and O–H groups in total. The van der Waals surface area contributed by atoms with Crippen molar-refractivity contribution < 1.29 is 19.1 Å². The molecule has 3 aromatic rings. The highest BCUT2D eigenvalue weighted by Crippen LogP contribution is 2.22. The fourth-order valence-electron chi connectivity index (χ4n) is 3.20. The minimum absolute atomic E-state index is 0.0337. The molecule has 0 fully saturated rings. The minimum atomic E-state index is -0.421. The Labute approximate surface area is 168 Å². The summed E-state index contributed by atoms with van der Waals surface area (Å²) in [5.74, 6) is 4.62. The van der Waals surface area contributed by atoms with E-state index in [9.17, 15) is 9.59 Å². The molecule has 8 nitrogen and oxygen atoms in total. The van der Waals surface area contributed by atoms with Gasteiger partial charge in [-0.3, -0.25) is 15.0 Å². The first-order chi connectivity index (χ1) is 14.1. The van der Waals surface area contributed by atoms with Gasteiger partial charge >= 0.3 is 0 Å². The summed E-state index contributed by atoms with van der Waals surface area (Å²) in [6.07, 6.45) is 1.25. The van der Waals surface area contributed by atoms with Crippen LogP contribution in [0.5, 0.6) is 0 Å². The van der Waals surface area contributed by atoms with E-state index in [2.05, 4.69) is 10.7 Å². The monoisotopic (exact) mass is 396 g/mol. The van der Waals surface area contributed by atoms with Gasteiger partial charge in [-0.15, -0.1) is 0 Å². The van der Waals surface area contributed by atoms with Gasteiger partial charge in [0.25, 0.3) is 11.8 Å². The summed E-state index contributed by atoms with van der Waals surface area (Å²) in [6.45, 7) is 0.401. The molecule has 0 spiro atoms. The van der Waals surface area contributed by atoms with Gasteiger partial charge in [0.2, 0.25) is 0 Å². The predicted molar refractivity (Wildman–Crippen MR) is 109 cm³/mol. The Morgan fingerprint density at radius 1 is 1.07 bits per heavy atom. The molecule has 0 aliphatic rings. The number of benzene rings is 2. The topological polar surface area (TPSA) is 108 Å². The van der Waals surface area contributed by atoms with Gasteiger partial charge in [0.05, 0.1) is 5.56 Å². The molecule has 2 amide bonds. The van der Waals surface area contributed by atoms with Crippen LogP contribution in [0, 0.1) is 0 Å². The third-order valence-corrected chi connectivity index (χ3v) is 4.64. The third-order valence-electron chi connectivity index (χ3n) is 4.64. The van der Waals surface area contributed by atoms with E-state index in [0.717, 1.165) is 22.0 Å². The zero-order chi connectivity index (χ0) is 20.8. The van der Waals surface area contributed by atoms with Gasteiger partial charge in [-0.05, 0) is 11.6 Å². The van der Waals surface area contributed by atoms with Gasteiger partial charge in [0, 0.05) is 43.4 Å². The van der Waals surface area contributed by atoms with Crippen LogP contribution < -0.4 is 16.6 Å². The van der Waals surface area contributed by atoms with Crippen molar-refractivity contribution in [1.29, 1.82) is 0 Å². The SMILES string of the molecule is COC(OC)c1ccc(CNC(=O)c2cn(CC(=O)NN)c3ccccc23)cc1. The fourth-order valence-corrected chi connectivity index (χ4v) is 3.20. The number of ether oxygens (including phenoxy) is 2. The molecule has 0 unspecified atom stereocenters. The maximum atomic E-state index is 12.8. The summed E-state index contributed by atoms with van der Waals surface area (Å²) < 4.78 is 12.2. The number of hydrogen-bond acceptors (Lipinski definition) is 5. The molecule has 0 saturated carbocycles. The third kappa shape index (κ3) is 4.62. The first-order valence-corrected chi connectivity index (χ1v) is 9.07. The number of rotatable bonds is 8. The Balaban J connectivity index is 1.74. The molecule has 29 heavy (non-hydrogen) atoms. The van der Waals surface area contributed by atoms with Crippen LogP contribution in [0.2, 0.25) is 0 Å². The molecule has 3 rings (SSSR count). The Morgan fingerprint density at radius 3 is 2.41 bits per heavy atom. The van der Waals surface area contributed by atoms with Crippen LogP contribution in [0.25, 0.3) is 10.9 Å². The first kappa shape index (κ1) is 20.5. The largest absolute Gasteiger partial charge is 0.352 e. The maximum Gasteiger partial charge on any atom is 0.253 e. The molecule has 8 heteroatoms. The van der Waals surface area contributed by atoms with Gasteiger partial charge in [0.15, 0.2) is 6.29 Å². The average Bonchev–Trinajstić information content (AvgIpc) is 3.12. The lowest BCUT2D eigenvalue weighted by atomic mass is 10.1. The smallest absolute Gasteiger partial charge is 0.253 e. The van der Waals surface area contributed by atoms with E-state index in [1.54, 1.807) is 25.0 Å². The lowest BCUT2D eigenvalue weighted by Crippen LogP contribution is -2.33. The second-order valence-electron chi connectivity index (χ2n) is 6.48. The number of carbonyl (C=O) groups excluding carboxylic acids is 2. The van der Waals surface area contributed by atoms with Crippen LogP contribution in [-0.4, -0.2) is 30.6 Å². The zero-order valence-corrected chi connectivity index (χ0v) is 16.3. The van der Waals surface area contributed by atoms with E-state index in [1.165, 1.54) is 0 Å². The number of hydrazine groups is 1. The van der Waals surface area contributed by atoms with Gasteiger partial charge < -0.3 is 19.4 Å². The molecule has 1 heterocycles. The van der Waals surface area contributed by atoms with Gasteiger partial charge in [-0.2, -0.15) is 0 Å². The number of aromatic nitrogens is 1. The summed E-state index contributed by atoms with van der Waals surface area (Å²) >= 11 is 0. The Kier molecular flexibility index (Phi) is 6.61. The van der Waals surface area contributed by atoms with Crippen molar-refractivity contribution in [2.45, 2.75) is 19.4 Å². The van der Waals surface area contributed by atoms with E-state index >= 15 is 0 Å². The van der Waals surface area contributed by atoms with E-state index in [1.807, 2.05) is 48.5 Å². The summed E-state index contributed by atoms with van der Waals surface area (Å²) in [5.41, 5.74) is 5.23. The molecule has 0 saturated heterocycles. The Morgan fingerprint density at radius 2 is 1.76 bits per heavy atom. The van der Waals surface area contributed by atoms with Crippen LogP contribution in [0.1, 0.15) is 27.8 Å². The van der Waals surface area contributed by atoms with Gasteiger partial charge in [-0.25, -0.2) is 5.84 Å². The number of nitrogens with one attached hydrogen (secondary N) is 2. The fraction of sp³-hybridized carbons (Fsp3) is 0.238. The number of hydrogen-bond donors (Lipinski definition) is 3.